The summed E-state index contributed by atoms with van der Waals surface area (Å²) < 4.78 is 5.30. The molecule has 0 saturated carbocycles. The highest BCUT2D eigenvalue weighted by atomic mass is 35.5. The minimum atomic E-state index is -0.291. The first-order valence-electron chi connectivity index (χ1n) is 5.40. The molecule has 1 aliphatic rings. The van der Waals surface area contributed by atoms with E-state index in [1.165, 1.54) is 0 Å². The second-order valence-corrected chi connectivity index (χ2v) is 5.19. The highest BCUT2D eigenvalue weighted by Crippen LogP contribution is 2.31. The minimum absolute atomic E-state index is 0.127. The van der Waals surface area contributed by atoms with Crippen LogP contribution < -0.4 is 0 Å². The summed E-state index contributed by atoms with van der Waals surface area (Å²) >= 11 is 11.9. The Morgan fingerprint density at radius 3 is 2.35 bits per heavy atom. The molecule has 0 N–H and O–H groups in total. The van der Waals surface area contributed by atoms with Crippen LogP contribution in [0.5, 0.6) is 0 Å². The van der Waals surface area contributed by atoms with Gasteiger partial charge in [0.25, 0.3) is 0 Å². The normalized spacial score (nSPS) is 19.9. The molecule has 92 valence electrons. The van der Waals surface area contributed by atoms with Crippen molar-refractivity contribution in [3.05, 3.63) is 33.8 Å². The lowest BCUT2D eigenvalue weighted by Crippen LogP contribution is -2.31. The van der Waals surface area contributed by atoms with E-state index in [9.17, 15) is 4.79 Å². The van der Waals surface area contributed by atoms with Gasteiger partial charge < -0.3 is 9.64 Å². The minimum Gasteiger partial charge on any atom is -0.439 e. The van der Waals surface area contributed by atoms with Gasteiger partial charge in [0.05, 0.1) is 6.54 Å². The second kappa shape index (κ2) is 4.75. The predicted octanol–water partition coefficient (Wildman–Crippen LogP) is 3.90. The van der Waals surface area contributed by atoms with Crippen LogP contribution in [-0.4, -0.2) is 23.6 Å². The molecule has 1 aromatic rings. The molecule has 2 rings (SSSR count). The Bertz CT molecular complexity index is 428. The van der Waals surface area contributed by atoms with Crippen LogP contribution in [-0.2, 0) is 4.74 Å². The maximum Gasteiger partial charge on any atom is 0.410 e. The number of cyclic esters (lactones) is 1. The molecule has 0 radical (unpaired) electrons. The van der Waals surface area contributed by atoms with Gasteiger partial charge in [0.1, 0.15) is 6.10 Å². The van der Waals surface area contributed by atoms with E-state index in [2.05, 4.69) is 0 Å². The summed E-state index contributed by atoms with van der Waals surface area (Å²) in [6.45, 7) is 4.44. The van der Waals surface area contributed by atoms with E-state index in [0.29, 0.717) is 16.6 Å². The summed E-state index contributed by atoms with van der Waals surface area (Å²) in [4.78, 5) is 13.3. The zero-order valence-electron chi connectivity index (χ0n) is 9.61. The first-order chi connectivity index (χ1) is 7.97. The number of benzene rings is 1. The van der Waals surface area contributed by atoms with Crippen LogP contribution in [0.25, 0.3) is 0 Å². The monoisotopic (exact) mass is 273 g/mol. The second-order valence-electron chi connectivity index (χ2n) is 4.32. The molecular weight excluding hydrogens is 261 g/mol. The van der Waals surface area contributed by atoms with E-state index in [1.54, 1.807) is 23.1 Å². The molecule has 0 aromatic heterocycles. The fourth-order valence-corrected chi connectivity index (χ4v) is 2.38. The Hall–Kier alpha value is -0.930. The molecule has 1 unspecified atom stereocenters. The van der Waals surface area contributed by atoms with Crippen molar-refractivity contribution in [3.8, 4) is 0 Å². The number of amides is 1. The fourth-order valence-electron chi connectivity index (χ4n) is 1.84. The molecule has 17 heavy (non-hydrogen) atoms. The maximum absolute atomic E-state index is 11.6. The number of nitrogens with zero attached hydrogens (tertiary/aromatic N) is 1. The molecule has 0 aliphatic carbocycles. The third kappa shape index (κ3) is 2.67. The number of hydrogen-bond acceptors (Lipinski definition) is 2. The van der Waals surface area contributed by atoms with Crippen molar-refractivity contribution in [2.75, 3.05) is 6.54 Å². The molecule has 0 bridgehead atoms. The fraction of sp³-hybridized carbons (Fsp3) is 0.417. The van der Waals surface area contributed by atoms with E-state index in [0.717, 1.165) is 5.56 Å². The van der Waals surface area contributed by atoms with E-state index < -0.39 is 0 Å². The smallest absolute Gasteiger partial charge is 0.410 e. The molecule has 1 aromatic carbocycles. The van der Waals surface area contributed by atoms with Crippen LogP contribution in [0.2, 0.25) is 10.0 Å². The van der Waals surface area contributed by atoms with Gasteiger partial charge in [-0.05, 0) is 37.6 Å². The van der Waals surface area contributed by atoms with Crippen LogP contribution in [0, 0.1) is 0 Å². The van der Waals surface area contributed by atoms with Crippen molar-refractivity contribution >= 4 is 29.3 Å². The quantitative estimate of drug-likeness (QED) is 0.818. The van der Waals surface area contributed by atoms with Crippen LogP contribution in [0.4, 0.5) is 4.79 Å². The van der Waals surface area contributed by atoms with Gasteiger partial charge in [0, 0.05) is 16.1 Å². The SMILES string of the molecule is CC(C)N1CC(c2cc(Cl)cc(Cl)c2)OC1=O. The Morgan fingerprint density at radius 2 is 1.88 bits per heavy atom. The number of hydrogen-bond donors (Lipinski definition) is 0. The largest absolute Gasteiger partial charge is 0.439 e. The Balaban J connectivity index is 2.22. The molecule has 1 amide bonds. The first-order valence-corrected chi connectivity index (χ1v) is 6.16. The van der Waals surface area contributed by atoms with E-state index in [1.807, 2.05) is 13.8 Å². The molecular formula is C12H13Cl2NO2. The highest BCUT2D eigenvalue weighted by molar-refractivity contribution is 6.34. The topological polar surface area (TPSA) is 29.5 Å². The van der Waals surface area contributed by atoms with Gasteiger partial charge in [-0.2, -0.15) is 0 Å². The average molecular weight is 274 g/mol. The summed E-state index contributed by atoms with van der Waals surface area (Å²) in [6, 6.07) is 5.33. The predicted molar refractivity (Wildman–Crippen MR) is 67.5 cm³/mol. The molecule has 1 saturated heterocycles. The number of halogens is 2. The molecule has 5 heteroatoms. The van der Waals surface area contributed by atoms with Crippen molar-refractivity contribution < 1.29 is 9.53 Å². The molecule has 3 nitrogen and oxygen atoms in total. The van der Waals surface area contributed by atoms with Gasteiger partial charge >= 0.3 is 6.09 Å². The Morgan fingerprint density at radius 1 is 1.29 bits per heavy atom. The Kier molecular flexibility index (Phi) is 3.50. The summed E-state index contributed by atoms with van der Waals surface area (Å²) in [5.41, 5.74) is 0.832. The molecule has 0 spiro atoms. The maximum atomic E-state index is 11.6. The standard InChI is InChI=1S/C12H13Cl2NO2/c1-7(2)15-6-11(17-12(15)16)8-3-9(13)5-10(14)4-8/h3-5,7,11H,6H2,1-2H3. The van der Waals surface area contributed by atoms with Gasteiger partial charge in [0.2, 0.25) is 0 Å². The summed E-state index contributed by atoms with van der Waals surface area (Å²) in [5, 5.41) is 1.10. The lowest BCUT2D eigenvalue weighted by Gasteiger charge is -2.16. The summed E-state index contributed by atoms with van der Waals surface area (Å²) in [6.07, 6.45) is -0.581. The zero-order valence-corrected chi connectivity index (χ0v) is 11.1. The van der Waals surface area contributed by atoms with Crippen molar-refractivity contribution in [1.29, 1.82) is 0 Å². The van der Waals surface area contributed by atoms with Gasteiger partial charge in [-0.3, -0.25) is 0 Å². The number of rotatable bonds is 2. The lowest BCUT2D eigenvalue weighted by atomic mass is 10.1. The lowest BCUT2D eigenvalue weighted by molar-refractivity contribution is 0.130. The Labute approximate surface area is 110 Å². The van der Waals surface area contributed by atoms with E-state index in [4.69, 9.17) is 27.9 Å². The third-order valence-corrected chi connectivity index (χ3v) is 3.16. The number of carbonyl (C=O) groups excluding carboxylic acids is 1. The van der Waals surface area contributed by atoms with Crippen LogP contribution in [0.3, 0.4) is 0 Å². The highest BCUT2D eigenvalue weighted by Gasteiger charge is 2.33. The van der Waals surface area contributed by atoms with Crippen molar-refractivity contribution in [1.82, 2.24) is 4.90 Å². The van der Waals surface area contributed by atoms with Crippen LogP contribution in [0.1, 0.15) is 25.5 Å². The summed E-state index contributed by atoms with van der Waals surface area (Å²) in [7, 11) is 0. The van der Waals surface area contributed by atoms with Crippen LogP contribution >= 0.6 is 23.2 Å². The first kappa shape index (κ1) is 12.5. The number of ether oxygens (including phenoxy) is 1. The molecule has 1 aliphatic heterocycles. The molecule has 1 atom stereocenters. The molecule has 1 fully saturated rings. The van der Waals surface area contributed by atoms with Crippen LogP contribution in [0.15, 0.2) is 18.2 Å². The van der Waals surface area contributed by atoms with Crippen molar-refractivity contribution in [2.45, 2.75) is 26.0 Å². The molecule has 1 heterocycles. The third-order valence-electron chi connectivity index (χ3n) is 2.72. The van der Waals surface area contributed by atoms with Gasteiger partial charge in [0.15, 0.2) is 0 Å². The number of carbonyl (C=O) groups is 1. The van der Waals surface area contributed by atoms with Crippen molar-refractivity contribution in [3.63, 3.8) is 0 Å². The average Bonchev–Trinajstić information content (AvgIpc) is 2.59. The van der Waals surface area contributed by atoms with Gasteiger partial charge in [-0.15, -0.1) is 0 Å². The zero-order chi connectivity index (χ0) is 12.6. The van der Waals surface area contributed by atoms with Gasteiger partial charge in [-0.25, -0.2) is 4.79 Å². The summed E-state index contributed by atoms with van der Waals surface area (Å²) in [5.74, 6) is 0. The van der Waals surface area contributed by atoms with Crippen molar-refractivity contribution in [2.24, 2.45) is 0 Å². The van der Waals surface area contributed by atoms with Gasteiger partial charge in [-0.1, -0.05) is 23.2 Å². The van der Waals surface area contributed by atoms with E-state index >= 15 is 0 Å². The van der Waals surface area contributed by atoms with E-state index in [-0.39, 0.29) is 18.2 Å².